The molecule has 1 fully saturated rings. The molecule has 0 aliphatic carbocycles. The zero-order valence-corrected chi connectivity index (χ0v) is 16.3. The summed E-state index contributed by atoms with van der Waals surface area (Å²) in [5, 5.41) is 15.3. The van der Waals surface area contributed by atoms with Gasteiger partial charge in [-0.25, -0.2) is 4.98 Å². The van der Waals surface area contributed by atoms with E-state index in [0.29, 0.717) is 38.0 Å². The van der Waals surface area contributed by atoms with Crippen molar-refractivity contribution < 1.29 is 14.2 Å². The first kappa shape index (κ1) is 19.6. The minimum absolute atomic E-state index is 0.256. The van der Waals surface area contributed by atoms with Gasteiger partial charge in [0, 0.05) is 42.1 Å². The van der Waals surface area contributed by atoms with E-state index in [1.54, 1.807) is 13.3 Å². The number of anilines is 1. The highest BCUT2D eigenvalue weighted by atomic mass is 16.5. The Morgan fingerprint density at radius 1 is 1.41 bits per heavy atom. The molecule has 0 bridgehead atoms. The molecule has 0 saturated carbocycles. The van der Waals surface area contributed by atoms with Crippen molar-refractivity contribution in [3.63, 3.8) is 0 Å². The van der Waals surface area contributed by atoms with Gasteiger partial charge in [-0.05, 0) is 32.4 Å². The molecule has 1 atom stereocenters. The molecule has 1 saturated heterocycles. The normalized spacial score (nSPS) is 20.7. The third-order valence-electron chi connectivity index (χ3n) is 5.01. The van der Waals surface area contributed by atoms with Crippen LogP contribution in [0.15, 0.2) is 23.5 Å². The average Bonchev–Trinajstić information content (AvgIpc) is 2.92. The summed E-state index contributed by atoms with van der Waals surface area (Å²) in [5.74, 6) is 1.36. The van der Waals surface area contributed by atoms with Crippen molar-refractivity contribution in [1.82, 2.24) is 10.3 Å². The fourth-order valence-electron chi connectivity index (χ4n) is 3.51. The third-order valence-corrected chi connectivity index (χ3v) is 5.01. The smallest absolute Gasteiger partial charge is 0.216 e. The number of aryl methyl sites for hydroxylation is 1. The zero-order valence-electron chi connectivity index (χ0n) is 16.3. The summed E-state index contributed by atoms with van der Waals surface area (Å²) in [6.45, 7) is 5.85. The van der Waals surface area contributed by atoms with E-state index in [9.17, 15) is 0 Å². The van der Waals surface area contributed by atoms with E-state index in [1.165, 1.54) is 6.42 Å². The summed E-state index contributed by atoms with van der Waals surface area (Å²) in [6, 6.07) is 2.00. The summed E-state index contributed by atoms with van der Waals surface area (Å²) in [6.07, 6.45) is 5.48. The molecule has 3 N–H and O–H groups in total. The highest BCUT2D eigenvalue weighted by molar-refractivity contribution is 5.92. The van der Waals surface area contributed by atoms with Crippen molar-refractivity contribution in [2.75, 3.05) is 45.3 Å². The maximum Gasteiger partial charge on any atom is 0.216 e. The third kappa shape index (κ3) is 5.43. The zero-order chi connectivity index (χ0) is 19.1. The van der Waals surface area contributed by atoms with E-state index >= 15 is 0 Å². The second-order valence-electron chi connectivity index (χ2n) is 7.10. The molecule has 148 valence electrons. The summed E-state index contributed by atoms with van der Waals surface area (Å²) < 4.78 is 16.7. The SMILES string of the molecule is COc1ncc(NC2=C(C(=N)OC[C@H]3CCCNC3)CCOCC2)cc1C. The summed E-state index contributed by atoms with van der Waals surface area (Å²) in [4.78, 5) is 4.32. The minimum Gasteiger partial charge on any atom is -0.481 e. The van der Waals surface area contributed by atoms with E-state index in [1.807, 2.05) is 13.0 Å². The van der Waals surface area contributed by atoms with Gasteiger partial charge in [-0.2, -0.15) is 0 Å². The van der Waals surface area contributed by atoms with Crippen LogP contribution in [-0.2, 0) is 9.47 Å². The maximum atomic E-state index is 8.47. The van der Waals surface area contributed by atoms with Crippen molar-refractivity contribution in [2.45, 2.75) is 32.6 Å². The summed E-state index contributed by atoms with van der Waals surface area (Å²) in [7, 11) is 1.62. The fourth-order valence-corrected chi connectivity index (χ4v) is 3.51. The molecular weight excluding hydrogens is 344 g/mol. The van der Waals surface area contributed by atoms with Gasteiger partial charge in [0.1, 0.15) is 0 Å². The Bertz CT molecular complexity index is 684. The monoisotopic (exact) mass is 374 g/mol. The number of ether oxygens (including phenoxy) is 3. The number of piperidine rings is 1. The lowest BCUT2D eigenvalue weighted by Gasteiger charge is -2.23. The highest BCUT2D eigenvalue weighted by Crippen LogP contribution is 2.24. The number of methoxy groups -OCH3 is 1. The molecule has 1 aromatic heterocycles. The van der Waals surface area contributed by atoms with Gasteiger partial charge in [0.2, 0.25) is 11.8 Å². The first-order chi connectivity index (χ1) is 13.2. The van der Waals surface area contributed by atoms with Crippen LogP contribution in [0.4, 0.5) is 5.69 Å². The topological polar surface area (TPSA) is 88.5 Å². The van der Waals surface area contributed by atoms with E-state index in [0.717, 1.165) is 48.5 Å². The fraction of sp³-hybridized carbons (Fsp3) is 0.600. The lowest BCUT2D eigenvalue weighted by atomic mass is 10.0. The molecule has 3 rings (SSSR count). The number of hydrogen-bond donors (Lipinski definition) is 3. The largest absolute Gasteiger partial charge is 0.481 e. The standard InChI is InChI=1S/C20H30N4O3/c1-14-10-16(12-23-20(14)25-2)24-18-6-9-26-8-5-17(18)19(21)27-13-15-4-3-7-22-11-15/h10,12,15,21-22,24H,3-9,11,13H2,1-2H3/t15-/m0/s1. The van der Waals surface area contributed by atoms with Crippen molar-refractivity contribution in [1.29, 1.82) is 5.41 Å². The predicted octanol–water partition coefficient (Wildman–Crippen LogP) is 2.87. The second kappa shape index (κ2) is 9.71. The molecule has 7 heteroatoms. The van der Waals surface area contributed by atoms with Crippen LogP contribution < -0.4 is 15.4 Å². The molecule has 0 unspecified atom stereocenters. The first-order valence-electron chi connectivity index (χ1n) is 9.67. The Morgan fingerprint density at radius 3 is 3.00 bits per heavy atom. The molecule has 2 aliphatic heterocycles. The Hall–Kier alpha value is -2.12. The van der Waals surface area contributed by atoms with Crippen LogP contribution in [0.1, 0.15) is 31.2 Å². The highest BCUT2D eigenvalue weighted by Gasteiger charge is 2.20. The molecular formula is C20H30N4O3. The molecule has 2 aliphatic rings. The Morgan fingerprint density at radius 2 is 2.26 bits per heavy atom. The Kier molecular flexibility index (Phi) is 7.06. The number of hydrogen-bond acceptors (Lipinski definition) is 7. The van der Waals surface area contributed by atoms with Crippen LogP contribution in [0.5, 0.6) is 5.88 Å². The first-order valence-corrected chi connectivity index (χ1v) is 9.67. The Labute approximate surface area is 161 Å². The molecule has 0 aromatic carbocycles. The Balaban J connectivity index is 1.70. The number of nitrogens with zero attached hydrogens (tertiary/aromatic N) is 1. The summed E-state index contributed by atoms with van der Waals surface area (Å²) >= 11 is 0. The van der Waals surface area contributed by atoms with Crippen LogP contribution in [0.3, 0.4) is 0 Å². The molecule has 7 nitrogen and oxygen atoms in total. The van der Waals surface area contributed by atoms with Crippen LogP contribution in [0, 0.1) is 18.3 Å². The van der Waals surface area contributed by atoms with Crippen molar-refractivity contribution >= 4 is 11.6 Å². The van der Waals surface area contributed by atoms with Crippen molar-refractivity contribution in [3.05, 3.63) is 29.1 Å². The quantitative estimate of drug-likeness (QED) is 0.524. The average molecular weight is 374 g/mol. The minimum atomic E-state index is 0.256. The lowest BCUT2D eigenvalue weighted by Crippen LogP contribution is -2.33. The van der Waals surface area contributed by atoms with E-state index in [2.05, 4.69) is 15.6 Å². The number of nitrogens with one attached hydrogen (secondary N) is 3. The van der Waals surface area contributed by atoms with Crippen LogP contribution in [-0.4, -0.2) is 50.9 Å². The van der Waals surface area contributed by atoms with E-state index in [-0.39, 0.29) is 5.90 Å². The maximum absolute atomic E-state index is 8.47. The van der Waals surface area contributed by atoms with Gasteiger partial charge in [0.25, 0.3) is 0 Å². The molecule has 27 heavy (non-hydrogen) atoms. The second-order valence-corrected chi connectivity index (χ2v) is 7.10. The molecule has 0 amide bonds. The number of rotatable bonds is 6. The van der Waals surface area contributed by atoms with E-state index < -0.39 is 0 Å². The lowest BCUT2D eigenvalue weighted by molar-refractivity contribution is 0.146. The van der Waals surface area contributed by atoms with Gasteiger partial charge in [-0.1, -0.05) is 0 Å². The molecule has 3 heterocycles. The van der Waals surface area contributed by atoms with Crippen LogP contribution in [0.2, 0.25) is 0 Å². The van der Waals surface area contributed by atoms with Crippen LogP contribution in [0.25, 0.3) is 0 Å². The van der Waals surface area contributed by atoms with Gasteiger partial charge >= 0.3 is 0 Å². The number of aromatic nitrogens is 1. The molecule has 0 radical (unpaired) electrons. The van der Waals surface area contributed by atoms with Gasteiger partial charge in [-0.3, -0.25) is 5.41 Å². The van der Waals surface area contributed by atoms with Gasteiger partial charge in [0.05, 0.1) is 38.8 Å². The molecule has 1 aromatic rings. The number of pyridine rings is 1. The molecule has 0 spiro atoms. The van der Waals surface area contributed by atoms with E-state index in [4.69, 9.17) is 19.6 Å². The van der Waals surface area contributed by atoms with Gasteiger partial charge in [0.15, 0.2) is 0 Å². The van der Waals surface area contributed by atoms with Crippen LogP contribution >= 0.6 is 0 Å². The van der Waals surface area contributed by atoms with Gasteiger partial charge < -0.3 is 24.8 Å². The predicted molar refractivity (Wildman–Crippen MR) is 106 cm³/mol. The van der Waals surface area contributed by atoms with Crippen molar-refractivity contribution in [3.8, 4) is 5.88 Å². The summed E-state index contributed by atoms with van der Waals surface area (Å²) in [5.41, 5.74) is 3.72. The van der Waals surface area contributed by atoms with Crippen molar-refractivity contribution in [2.24, 2.45) is 5.92 Å². The van der Waals surface area contributed by atoms with Gasteiger partial charge in [-0.15, -0.1) is 0 Å².